The van der Waals surface area contributed by atoms with Crippen molar-refractivity contribution in [2.75, 3.05) is 0 Å². The second kappa shape index (κ2) is 3.12. The average molecular weight is 158 g/mol. The van der Waals surface area contributed by atoms with Crippen LogP contribution in [0.25, 0.3) is 0 Å². The van der Waals surface area contributed by atoms with Gasteiger partial charge >= 0.3 is 0 Å². The molecule has 0 heterocycles. The molecule has 1 heteroatoms. The third-order valence-corrected chi connectivity index (χ3v) is 2.99. The molecule has 0 N–H and O–H groups in total. The van der Waals surface area contributed by atoms with Crippen molar-refractivity contribution in [1.29, 1.82) is 0 Å². The summed E-state index contributed by atoms with van der Waals surface area (Å²) in [5.74, 6) is 1.15. The topological polar surface area (TPSA) is 0 Å². The van der Waals surface area contributed by atoms with E-state index in [1.165, 1.54) is 12.8 Å². The highest BCUT2D eigenvalue weighted by Gasteiger charge is 2.31. The van der Waals surface area contributed by atoms with Crippen molar-refractivity contribution in [3.05, 3.63) is 0 Å². The zero-order chi connectivity index (χ0) is 8.48. The molecule has 0 aliphatic heterocycles. The minimum atomic E-state index is -0.944. The maximum Gasteiger partial charge on any atom is 0.108 e. The maximum atomic E-state index is 13.4. The Morgan fingerprint density at radius 1 is 1.09 bits per heavy atom. The molecule has 1 aliphatic carbocycles. The van der Waals surface area contributed by atoms with Crippen LogP contribution < -0.4 is 0 Å². The molecule has 0 nitrogen and oxygen atoms in total. The zero-order valence-electron chi connectivity index (χ0n) is 7.86. The minimum absolute atomic E-state index is 0.318. The molecular weight excluding hydrogens is 139 g/mol. The molecule has 0 radical (unpaired) electrons. The predicted molar refractivity (Wildman–Crippen MR) is 46.3 cm³/mol. The van der Waals surface area contributed by atoms with Gasteiger partial charge in [0.2, 0.25) is 0 Å². The minimum Gasteiger partial charge on any atom is -0.244 e. The Balaban J connectivity index is 2.39. The van der Waals surface area contributed by atoms with Crippen LogP contribution in [0.4, 0.5) is 4.39 Å². The van der Waals surface area contributed by atoms with Crippen LogP contribution in [0, 0.1) is 11.8 Å². The van der Waals surface area contributed by atoms with Crippen LogP contribution in [-0.2, 0) is 0 Å². The van der Waals surface area contributed by atoms with Crippen LogP contribution in [-0.4, -0.2) is 5.67 Å². The molecule has 0 amide bonds. The van der Waals surface area contributed by atoms with E-state index in [0.717, 1.165) is 18.8 Å². The van der Waals surface area contributed by atoms with Gasteiger partial charge in [-0.3, -0.25) is 0 Å². The van der Waals surface area contributed by atoms with E-state index in [1.807, 2.05) is 0 Å². The van der Waals surface area contributed by atoms with Gasteiger partial charge in [0.25, 0.3) is 0 Å². The first-order chi connectivity index (χ1) is 5.00. The number of hydrogen-bond acceptors (Lipinski definition) is 0. The zero-order valence-corrected chi connectivity index (χ0v) is 7.86. The molecule has 66 valence electrons. The molecule has 0 spiro atoms. The summed E-state index contributed by atoms with van der Waals surface area (Å²) in [6.07, 6.45) is 4.62. The van der Waals surface area contributed by atoms with Crippen LogP contribution in [0.15, 0.2) is 0 Å². The second-order valence-corrected chi connectivity index (χ2v) is 4.52. The highest BCUT2D eigenvalue weighted by atomic mass is 19.1. The lowest BCUT2D eigenvalue weighted by atomic mass is 9.76. The summed E-state index contributed by atoms with van der Waals surface area (Å²) < 4.78 is 13.4. The van der Waals surface area contributed by atoms with E-state index in [0.29, 0.717) is 5.92 Å². The van der Waals surface area contributed by atoms with Crippen LogP contribution in [0.1, 0.15) is 46.5 Å². The molecule has 11 heavy (non-hydrogen) atoms. The summed E-state index contributed by atoms with van der Waals surface area (Å²) in [6, 6.07) is 0. The van der Waals surface area contributed by atoms with Crippen LogP contribution in [0.3, 0.4) is 0 Å². The standard InChI is InChI=1S/C10H19F/c1-8-4-6-9(7-5-8)10(2,3)11/h8-9H,4-7H2,1-3H3. The van der Waals surface area contributed by atoms with Crippen molar-refractivity contribution in [3.63, 3.8) is 0 Å². The van der Waals surface area contributed by atoms with Gasteiger partial charge in [-0.1, -0.05) is 19.8 Å². The van der Waals surface area contributed by atoms with Gasteiger partial charge in [0.05, 0.1) is 0 Å². The van der Waals surface area contributed by atoms with Gasteiger partial charge < -0.3 is 0 Å². The molecule has 0 aromatic heterocycles. The molecule has 1 rings (SSSR count). The third kappa shape index (κ3) is 2.46. The molecule has 0 aromatic rings. The molecule has 1 saturated carbocycles. The van der Waals surface area contributed by atoms with Crippen molar-refractivity contribution >= 4 is 0 Å². The van der Waals surface area contributed by atoms with Crippen molar-refractivity contribution in [3.8, 4) is 0 Å². The predicted octanol–water partition coefficient (Wildman–Crippen LogP) is 3.56. The quantitative estimate of drug-likeness (QED) is 0.547. The maximum absolute atomic E-state index is 13.4. The number of hydrogen-bond donors (Lipinski definition) is 0. The molecule has 0 saturated heterocycles. The first-order valence-corrected chi connectivity index (χ1v) is 4.69. The van der Waals surface area contributed by atoms with Crippen molar-refractivity contribution in [1.82, 2.24) is 0 Å². The Morgan fingerprint density at radius 2 is 1.55 bits per heavy atom. The number of halogens is 1. The Kier molecular flexibility index (Phi) is 2.56. The molecular formula is C10H19F. The first kappa shape index (κ1) is 9.02. The van der Waals surface area contributed by atoms with E-state index in [2.05, 4.69) is 6.92 Å². The van der Waals surface area contributed by atoms with Gasteiger partial charge in [0.15, 0.2) is 0 Å². The highest BCUT2D eigenvalue weighted by molar-refractivity contribution is 4.82. The van der Waals surface area contributed by atoms with E-state index < -0.39 is 5.67 Å². The van der Waals surface area contributed by atoms with Crippen LogP contribution in [0.2, 0.25) is 0 Å². The number of rotatable bonds is 1. The summed E-state index contributed by atoms with van der Waals surface area (Å²) in [5, 5.41) is 0. The summed E-state index contributed by atoms with van der Waals surface area (Å²) in [5.41, 5.74) is -0.944. The SMILES string of the molecule is CC1CCC(C(C)(C)F)CC1. The summed E-state index contributed by atoms with van der Waals surface area (Å²) in [4.78, 5) is 0. The lowest BCUT2D eigenvalue weighted by Gasteiger charge is -2.32. The van der Waals surface area contributed by atoms with Crippen molar-refractivity contribution in [2.45, 2.75) is 52.1 Å². The van der Waals surface area contributed by atoms with Crippen molar-refractivity contribution < 1.29 is 4.39 Å². The van der Waals surface area contributed by atoms with E-state index in [9.17, 15) is 4.39 Å². The van der Waals surface area contributed by atoms with Crippen molar-refractivity contribution in [2.24, 2.45) is 11.8 Å². The summed E-state index contributed by atoms with van der Waals surface area (Å²) in [6.45, 7) is 5.70. The van der Waals surface area contributed by atoms with Gasteiger partial charge in [-0.25, -0.2) is 4.39 Å². The van der Waals surface area contributed by atoms with Gasteiger partial charge in [-0.2, -0.15) is 0 Å². The molecule has 0 unspecified atom stereocenters. The van der Waals surface area contributed by atoms with E-state index in [1.54, 1.807) is 13.8 Å². The largest absolute Gasteiger partial charge is 0.244 e. The fourth-order valence-corrected chi connectivity index (χ4v) is 1.95. The lowest BCUT2D eigenvalue weighted by Crippen LogP contribution is -2.29. The van der Waals surface area contributed by atoms with Crippen LogP contribution >= 0.6 is 0 Å². The Hall–Kier alpha value is -0.0700. The Labute approximate surface area is 69.2 Å². The lowest BCUT2D eigenvalue weighted by molar-refractivity contribution is 0.0828. The average Bonchev–Trinajstić information content (AvgIpc) is 1.86. The monoisotopic (exact) mass is 158 g/mol. The highest BCUT2D eigenvalue weighted by Crippen LogP contribution is 2.36. The summed E-state index contributed by atoms with van der Waals surface area (Å²) >= 11 is 0. The Bertz CT molecular complexity index is 115. The fraction of sp³-hybridized carbons (Fsp3) is 1.00. The van der Waals surface area contributed by atoms with E-state index in [4.69, 9.17) is 0 Å². The van der Waals surface area contributed by atoms with Gasteiger partial charge in [0, 0.05) is 0 Å². The third-order valence-electron chi connectivity index (χ3n) is 2.99. The molecule has 0 bridgehead atoms. The second-order valence-electron chi connectivity index (χ2n) is 4.52. The fourth-order valence-electron chi connectivity index (χ4n) is 1.95. The van der Waals surface area contributed by atoms with Gasteiger partial charge in [-0.05, 0) is 38.5 Å². The number of alkyl halides is 1. The summed E-state index contributed by atoms with van der Waals surface area (Å²) in [7, 11) is 0. The van der Waals surface area contributed by atoms with Gasteiger partial charge in [-0.15, -0.1) is 0 Å². The Morgan fingerprint density at radius 3 is 1.91 bits per heavy atom. The molecule has 1 fully saturated rings. The van der Waals surface area contributed by atoms with Gasteiger partial charge in [0.1, 0.15) is 5.67 Å². The van der Waals surface area contributed by atoms with E-state index in [-0.39, 0.29) is 0 Å². The van der Waals surface area contributed by atoms with Crippen LogP contribution in [0.5, 0.6) is 0 Å². The first-order valence-electron chi connectivity index (χ1n) is 4.69. The smallest absolute Gasteiger partial charge is 0.108 e. The normalized spacial score (nSPS) is 33.8. The molecule has 1 aliphatic rings. The molecule has 0 aromatic carbocycles. The van der Waals surface area contributed by atoms with E-state index >= 15 is 0 Å². The molecule has 0 atom stereocenters.